The van der Waals surface area contributed by atoms with Gasteiger partial charge in [-0.3, -0.25) is 39.3 Å². The van der Waals surface area contributed by atoms with E-state index in [0.29, 0.717) is 30.9 Å². The number of fused-ring (bicyclic) bond motifs is 2. The molecule has 7 rings (SSSR count). The Morgan fingerprint density at radius 1 is 0.963 bits per heavy atom. The van der Waals surface area contributed by atoms with Crippen molar-refractivity contribution >= 4 is 40.3 Å². The number of amides is 5. The third-order valence-electron chi connectivity index (χ3n) is 9.44. The summed E-state index contributed by atoms with van der Waals surface area (Å²) in [5, 5.41) is 9.55. The van der Waals surface area contributed by atoms with Gasteiger partial charge in [-0.05, 0) is 48.1 Å². The van der Waals surface area contributed by atoms with Crippen LogP contribution in [-0.2, 0) is 33.9 Å². The molecule has 272 valence electrons. The monoisotopic (exact) mass is 723 g/mol. The molecule has 0 radical (unpaired) electrons. The molecular weight excluding hydrogens is 686 g/mol. The first-order valence-electron chi connectivity index (χ1n) is 17.8. The number of imidazole rings is 1. The minimum atomic E-state index is -0.803. The largest absolute Gasteiger partial charge is 0.350 e. The first kappa shape index (κ1) is 35.6. The van der Waals surface area contributed by atoms with E-state index in [9.17, 15) is 24.0 Å². The van der Waals surface area contributed by atoms with Crippen LogP contribution in [0.25, 0.3) is 33.3 Å². The van der Waals surface area contributed by atoms with Gasteiger partial charge in [0.25, 0.3) is 11.8 Å². The van der Waals surface area contributed by atoms with Crippen LogP contribution in [0.3, 0.4) is 0 Å². The second kappa shape index (κ2) is 15.5. The molecule has 5 amide bonds. The van der Waals surface area contributed by atoms with Gasteiger partial charge in [-0.25, -0.2) is 9.97 Å². The zero-order valence-electron chi connectivity index (χ0n) is 29.8. The molecule has 1 unspecified atom stereocenters. The average molecular weight is 724 g/mol. The highest BCUT2D eigenvalue weighted by atomic mass is 16.2. The number of nitrogens with zero attached hydrogens (tertiary/aromatic N) is 6. The smallest absolute Gasteiger partial charge is 0.270 e. The van der Waals surface area contributed by atoms with Crippen LogP contribution in [0.4, 0.5) is 0 Å². The van der Waals surface area contributed by atoms with E-state index in [2.05, 4.69) is 49.3 Å². The average Bonchev–Trinajstić information content (AvgIpc) is 3.56. The number of nitrogens with one attached hydrogen (secondary N) is 3. The molecule has 14 nitrogen and oxygen atoms in total. The first-order valence-corrected chi connectivity index (χ1v) is 17.8. The number of rotatable bonds is 8. The van der Waals surface area contributed by atoms with Crippen molar-refractivity contribution in [1.29, 1.82) is 0 Å². The van der Waals surface area contributed by atoms with Gasteiger partial charge in [0.05, 0.1) is 23.6 Å². The molecule has 0 spiro atoms. The van der Waals surface area contributed by atoms with Crippen molar-refractivity contribution in [2.24, 2.45) is 0 Å². The van der Waals surface area contributed by atoms with Crippen LogP contribution in [0, 0.1) is 11.8 Å². The Morgan fingerprint density at radius 3 is 2.59 bits per heavy atom. The van der Waals surface area contributed by atoms with Crippen LogP contribution >= 0.6 is 0 Å². The molecule has 4 aromatic heterocycles. The Labute approximate surface area is 310 Å². The number of carbonyl (C=O) groups is 5. The maximum Gasteiger partial charge on any atom is 0.270 e. The highest BCUT2D eigenvalue weighted by molar-refractivity contribution is 6.03. The minimum Gasteiger partial charge on any atom is -0.350 e. The van der Waals surface area contributed by atoms with Gasteiger partial charge in [-0.1, -0.05) is 37.1 Å². The van der Waals surface area contributed by atoms with E-state index in [-0.39, 0.29) is 48.5 Å². The molecule has 3 N–H and O–H groups in total. The summed E-state index contributed by atoms with van der Waals surface area (Å²) < 4.78 is 2.24. The van der Waals surface area contributed by atoms with Gasteiger partial charge in [0, 0.05) is 74.7 Å². The predicted octanol–water partition coefficient (Wildman–Crippen LogP) is 3.19. The summed E-state index contributed by atoms with van der Waals surface area (Å²) >= 11 is 0. The molecule has 1 atom stereocenters. The van der Waals surface area contributed by atoms with Crippen molar-refractivity contribution in [1.82, 2.24) is 45.4 Å². The van der Waals surface area contributed by atoms with Crippen LogP contribution in [0.2, 0.25) is 0 Å². The second-order valence-electron chi connectivity index (χ2n) is 13.0. The van der Waals surface area contributed by atoms with Gasteiger partial charge in [-0.15, -0.1) is 0 Å². The van der Waals surface area contributed by atoms with E-state index in [0.717, 1.165) is 52.1 Å². The Morgan fingerprint density at radius 2 is 1.81 bits per heavy atom. The van der Waals surface area contributed by atoms with E-state index >= 15 is 0 Å². The van der Waals surface area contributed by atoms with Gasteiger partial charge in [-0.2, -0.15) is 0 Å². The molecule has 14 heteroatoms. The maximum atomic E-state index is 12.8. The van der Waals surface area contributed by atoms with Crippen molar-refractivity contribution < 1.29 is 24.0 Å². The van der Waals surface area contributed by atoms with E-state index in [4.69, 9.17) is 9.97 Å². The van der Waals surface area contributed by atoms with Crippen molar-refractivity contribution in [2.45, 2.75) is 58.7 Å². The van der Waals surface area contributed by atoms with E-state index in [1.807, 2.05) is 41.4 Å². The van der Waals surface area contributed by atoms with Crippen molar-refractivity contribution in [2.75, 3.05) is 13.1 Å². The second-order valence-corrected chi connectivity index (χ2v) is 13.0. The summed E-state index contributed by atoms with van der Waals surface area (Å²) in [6.07, 6.45) is 4.96. The van der Waals surface area contributed by atoms with Gasteiger partial charge >= 0.3 is 0 Å². The van der Waals surface area contributed by atoms with Gasteiger partial charge in [0.2, 0.25) is 17.7 Å². The standard InChI is InChI=1S/C40H37N9O5/c1-3-35-46-37(34-23-48(24(2)50)18-19-49(34)35)28-11-6-8-25-20-33(43-22-29(25)28)26-13-14-30(42-21-26)38(52)41-17-5-4-9-27-10-7-12-31(44-27)39(53)45-32-15-16-36(51)47-40(32)54/h6-8,10-14,20-22,32H,3,5,15-19,23H2,1-2H3,(H,41,52)(H,45,53)(H,47,51,54). The zero-order valence-corrected chi connectivity index (χ0v) is 29.8. The quantitative estimate of drug-likeness (QED) is 0.123. The fraction of sp³-hybridized carbons (Fsp3) is 0.275. The molecule has 54 heavy (non-hydrogen) atoms. The predicted molar refractivity (Wildman–Crippen MR) is 198 cm³/mol. The molecule has 1 aromatic carbocycles. The molecule has 5 aromatic rings. The third kappa shape index (κ3) is 7.56. The van der Waals surface area contributed by atoms with E-state index < -0.39 is 17.9 Å². The Kier molecular flexibility index (Phi) is 10.2. The summed E-state index contributed by atoms with van der Waals surface area (Å²) in [5.74, 6) is 5.10. The topological polar surface area (TPSA) is 181 Å². The number of piperidine rings is 1. The molecule has 2 aliphatic heterocycles. The van der Waals surface area contributed by atoms with E-state index in [1.165, 1.54) is 6.07 Å². The highest BCUT2D eigenvalue weighted by Gasteiger charge is 2.29. The number of imide groups is 1. The zero-order chi connectivity index (χ0) is 37.8. The fourth-order valence-electron chi connectivity index (χ4n) is 6.59. The summed E-state index contributed by atoms with van der Waals surface area (Å²) in [5.41, 5.74) is 5.06. The molecule has 0 bridgehead atoms. The van der Waals surface area contributed by atoms with Crippen LogP contribution in [0.5, 0.6) is 0 Å². The number of hydrogen-bond acceptors (Lipinski definition) is 9. The van der Waals surface area contributed by atoms with Gasteiger partial charge in [0.1, 0.15) is 28.9 Å². The first-order chi connectivity index (χ1) is 26.2. The van der Waals surface area contributed by atoms with Crippen LogP contribution in [0.15, 0.2) is 67.0 Å². The Balaban J connectivity index is 0.964. The Hall–Kier alpha value is -6.75. The highest BCUT2D eigenvalue weighted by Crippen LogP contribution is 2.34. The number of hydrogen-bond donors (Lipinski definition) is 3. The van der Waals surface area contributed by atoms with Crippen molar-refractivity contribution in [3.63, 3.8) is 0 Å². The maximum absolute atomic E-state index is 12.8. The number of carbonyl (C=O) groups excluding carboxylic acids is 5. The van der Waals surface area contributed by atoms with Gasteiger partial charge in [0.15, 0.2) is 0 Å². The summed E-state index contributed by atoms with van der Waals surface area (Å²) in [6.45, 7) is 5.87. The lowest BCUT2D eigenvalue weighted by atomic mass is 10.0. The molecule has 0 aliphatic carbocycles. The minimum absolute atomic E-state index is 0.0508. The van der Waals surface area contributed by atoms with E-state index in [1.54, 1.807) is 31.3 Å². The summed E-state index contributed by atoms with van der Waals surface area (Å²) in [7, 11) is 0. The molecule has 1 saturated heterocycles. The molecule has 2 aliphatic rings. The Bertz CT molecular complexity index is 2370. The lowest BCUT2D eigenvalue weighted by Gasteiger charge is -2.28. The third-order valence-corrected chi connectivity index (χ3v) is 9.44. The lowest BCUT2D eigenvalue weighted by Crippen LogP contribution is -2.52. The lowest BCUT2D eigenvalue weighted by molar-refractivity contribution is -0.134. The van der Waals surface area contributed by atoms with Crippen LogP contribution in [-0.4, -0.2) is 78.1 Å². The van der Waals surface area contributed by atoms with Crippen LogP contribution < -0.4 is 16.0 Å². The number of aryl methyl sites for hydroxylation is 1. The summed E-state index contributed by atoms with van der Waals surface area (Å²) in [6, 6.07) is 15.5. The SMILES string of the molecule is CCc1nc(-c2cccc3cc(-c4ccc(C(=O)NCCC#Cc5cccc(C(=O)NC6CCC(=O)NC6=O)n5)nc4)ncc23)c2n1CCN(C(C)=O)C2. The molecular formula is C40H37N9O5. The molecule has 6 heterocycles. The summed E-state index contributed by atoms with van der Waals surface area (Å²) in [4.78, 5) is 81.2. The molecule has 1 fully saturated rings. The molecule has 0 saturated carbocycles. The number of benzene rings is 1. The normalized spacial score (nSPS) is 15.1. The number of aromatic nitrogens is 5. The van der Waals surface area contributed by atoms with Gasteiger partial charge < -0.3 is 20.1 Å². The van der Waals surface area contributed by atoms with Crippen molar-refractivity contribution in [3.05, 3.63) is 95.6 Å². The number of pyridine rings is 3. The van der Waals surface area contributed by atoms with Crippen LogP contribution in [0.1, 0.15) is 71.3 Å². The fourth-order valence-corrected chi connectivity index (χ4v) is 6.59. The van der Waals surface area contributed by atoms with Crippen molar-refractivity contribution in [3.8, 4) is 34.4 Å².